The average molecular weight is 447 g/mol. The van der Waals surface area contributed by atoms with Gasteiger partial charge in [-0.05, 0) is 64.6 Å². The van der Waals surface area contributed by atoms with Crippen LogP contribution in [0.1, 0.15) is 29.5 Å². The SMILES string of the molecule is CC(=O)OCC1Cc2c(-c3ccccn3)cccc2-c2c(O)ccc(-c3ccc(C#N)cc3)c21. The number of aromatic nitrogens is 1. The minimum Gasteiger partial charge on any atom is -0.507 e. The second-order valence-corrected chi connectivity index (χ2v) is 8.36. The molecule has 1 atom stereocenters. The number of aromatic hydroxyl groups is 1. The molecule has 1 heterocycles. The molecule has 0 radical (unpaired) electrons. The predicted molar refractivity (Wildman–Crippen MR) is 130 cm³/mol. The number of esters is 1. The van der Waals surface area contributed by atoms with E-state index < -0.39 is 0 Å². The first kappa shape index (κ1) is 21.4. The number of pyridine rings is 1. The summed E-state index contributed by atoms with van der Waals surface area (Å²) in [5.41, 5.74) is 8.03. The summed E-state index contributed by atoms with van der Waals surface area (Å²) in [6, 6.07) is 25.0. The summed E-state index contributed by atoms with van der Waals surface area (Å²) in [5, 5.41) is 20.2. The molecule has 1 unspecified atom stereocenters. The Morgan fingerprint density at radius 2 is 1.82 bits per heavy atom. The van der Waals surface area contributed by atoms with Gasteiger partial charge in [-0.3, -0.25) is 9.78 Å². The Labute approximate surface area is 197 Å². The van der Waals surface area contributed by atoms with E-state index in [9.17, 15) is 15.2 Å². The minimum atomic E-state index is -0.342. The van der Waals surface area contributed by atoms with Crippen LogP contribution in [0, 0.1) is 11.3 Å². The first-order valence-electron chi connectivity index (χ1n) is 11.1. The van der Waals surface area contributed by atoms with Gasteiger partial charge in [0.15, 0.2) is 0 Å². The zero-order valence-electron chi connectivity index (χ0n) is 18.7. The zero-order valence-corrected chi connectivity index (χ0v) is 18.7. The summed E-state index contributed by atoms with van der Waals surface area (Å²) < 4.78 is 5.49. The molecule has 1 aromatic heterocycles. The van der Waals surface area contributed by atoms with Gasteiger partial charge in [0.2, 0.25) is 0 Å². The standard InChI is InChI=1S/C29H22N2O3/c1-18(32)34-17-21-15-25-23(26-7-2-3-14-31-26)5-4-6-24(25)29-27(33)13-12-22(28(21)29)20-10-8-19(16-30)9-11-20/h2-14,21,33H,15,17H2,1H3. The van der Waals surface area contributed by atoms with Crippen LogP contribution in [-0.4, -0.2) is 22.7 Å². The van der Waals surface area contributed by atoms with Crippen LogP contribution in [-0.2, 0) is 16.0 Å². The highest BCUT2D eigenvalue weighted by Gasteiger charge is 2.32. The van der Waals surface area contributed by atoms with Crippen molar-refractivity contribution in [3.05, 3.63) is 95.7 Å². The molecule has 5 heteroatoms. The molecule has 0 saturated heterocycles. The summed E-state index contributed by atoms with van der Waals surface area (Å²) in [6.07, 6.45) is 2.40. The maximum absolute atomic E-state index is 11.7. The van der Waals surface area contributed by atoms with E-state index in [0.717, 1.165) is 44.6 Å². The van der Waals surface area contributed by atoms with E-state index in [-0.39, 0.29) is 24.2 Å². The smallest absolute Gasteiger partial charge is 0.302 e. The first-order chi connectivity index (χ1) is 16.6. The molecule has 3 aromatic carbocycles. The van der Waals surface area contributed by atoms with Crippen molar-refractivity contribution in [1.29, 1.82) is 5.26 Å². The van der Waals surface area contributed by atoms with Crippen LogP contribution in [0.5, 0.6) is 5.75 Å². The average Bonchev–Trinajstić information content (AvgIpc) is 2.87. The van der Waals surface area contributed by atoms with Gasteiger partial charge in [-0.25, -0.2) is 0 Å². The molecule has 0 amide bonds. The van der Waals surface area contributed by atoms with Gasteiger partial charge >= 0.3 is 5.97 Å². The van der Waals surface area contributed by atoms with E-state index in [1.807, 2.05) is 54.6 Å². The number of carbonyl (C=O) groups excluding carboxylic acids is 1. The van der Waals surface area contributed by atoms with Crippen LogP contribution in [0.2, 0.25) is 0 Å². The van der Waals surface area contributed by atoms with E-state index in [1.54, 1.807) is 24.4 Å². The van der Waals surface area contributed by atoms with Gasteiger partial charge < -0.3 is 9.84 Å². The summed E-state index contributed by atoms with van der Waals surface area (Å²) in [5.74, 6) is -0.321. The van der Waals surface area contributed by atoms with Gasteiger partial charge in [-0.2, -0.15) is 5.26 Å². The summed E-state index contributed by atoms with van der Waals surface area (Å²) >= 11 is 0. The fraction of sp³-hybridized carbons (Fsp3) is 0.138. The molecule has 34 heavy (non-hydrogen) atoms. The van der Waals surface area contributed by atoms with E-state index in [1.165, 1.54) is 6.92 Å². The van der Waals surface area contributed by atoms with Crippen molar-refractivity contribution in [2.75, 3.05) is 6.61 Å². The van der Waals surface area contributed by atoms with Crippen LogP contribution in [0.15, 0.2) is 79.0 Å². The molecular weight excluding hydrogens is 424 g/mol. The second kappa shape index (κ2) is 8.84. The highest BCUT2D eigenvalue weighted by Crippen LogP contribution is 2.50. The first-order valence-corrected chi connectivity index (χ1v) is 11.1. The van der Waals surface area contributed by atoms with Gasteiger partial charge in [0.25, 0.3) is 0 Å². The molecule has 0 saturated carbocycles. The Kier molecular flexibility index (Phi) is 5.57. The van der Waals surface area contributed by atoms with Gasteiger partial charge in [0.05, 0.1) is 23.9 Å². The lowest BCUT2D eigenvalue weighted by Gasteiger charge is -2.31. The molecule has 1 aliphatic rings. The lowest BCUT2D eigenvalue weighted by atomic mass is 9.74. The molecule has 0 fully saturated rings. The maximum atomic E-state index is 11.7. The Hall–Kier alpha value is -4.43. The molecule has 5 nitrogen and oxygen atoms in total. The van der Waals surface area contributed by atoms with Gasteiger partial charge in [0.1, 0.15) is 5.75 Å². The van der Waals surface area contributed by atoms with Crippen molar-refractivity contribution >= 4 is 5.97 Å². The maximum Gasteiger partial charge on any atom is 0.302 e. The van der Waals surface area contributed by atoms with E-state index >= 15 is 0 Å². The van der Waals surface area contributed by atoms with Crippen molar-refractivity contribution in [3.63, 3.8) is 0 Å². The predicted octanol–water partition coefficient (Wildman–Crippen LogP) is 5.86. The summed E-state index contributed by atoms with van der Waals surface area (Å²) in [7, 11) is 0. The van der Waals surface area contributed by atoms with Crippen molar-refractivity contribution in [3.8, 4) is 45.3 Å². The zero-order chi connectivity index (χ0) is 23.7. The fourth-order valence-corrected chi connectivity index (χ4v) is 4.80. The van der Waals surface area contributed by atoms with E-state index in [4.69, 9.17) is 4.74 Å². The number of benzene rings is 3. The number of hydrogen-bond acceptors (Lipinski definition) is 5. The Morgan fingerprint density at radius 3 is 2.53 bits per heavy atom. The fourth-order valence-electron chi connectivity index (χ4n) is 4.80. The Morgan fingerprint density at radius 1 is 1.03 bits per heavy atom. The third kappa shape index (κ3) is 3.80. The van der Waals surface area contributed by atoms with Crippen LogP contribution < -0.4 is 0 Å². The highest BCUT2D eigenvalue weighted by atomic mass is 16.5. The number of carbonyl (C=O) groups is 1. The molecule has 4 aromatic rings. The Balaban J connectivity index is 1.75. The number of nitriles is 1. The monoisotopic (exact) mass is 446 g/mol. The van der Waals surface area contributed by atoms with Crippen LogP contribution in [0.4, 0.5) is 0 Å². The Bertz CT molecular complexity index is 1420. The van der Waals surface area contributed by atoms with Crippen LogP contribution >= 0.6 is 0 Å². The lowest BCUT2D eigenvalue weighted by Crippen LogP contribution is -2.20. The number of hydrogen-bond donors (Lipinski definition) is 1. The molecular formula is C29H22N2O3. The minimum absolute atomic E-state index is 0.158. The molecule has 1 aliphatic carbocycles. The second-order valence-electron chi connectivity index (χ2n) is 8.36. The lowest BCUT2D eigenvalue weighted by molar-refractivity contribution is -0.141. The summed E-state index contributed by atoms with van der Waals surface area (Å²) in [4.78, 5) is 16.3. The summed E-state index contributed by atoms with van der Waals surface area (Å²) in [6.45, 7) is 1.60. The largest absolute Gasteiger partial charge is 0.507 e. The van der Waals surface area contributed by atoms with Crippen LogP contribution in [0.25, 0.3) is 33.5 Å². The molecule has 166 valence electrons. The third-order valence-corrected chi connectivity index (χ3v) is 6.28. The number of fused-ring (bicyclic) bond motifs is 3. The number of phenolic OH excluding ortho intramolecular Hbond substituents is 1. The molecule has 0 spiro atoms. The highest BCUT2D eigenvalue weighted by molar-refractivity contribution is 5.89. The number of phenols is 1. The van der Waals surface area contributed by atoms with Crippen molar-refractivity contribution in [1.82, 2.24) is 4.98 Å². The molecule has 1 N–H and O–H groups in total. The van der Waals surface area contributed by atoms with Crippen molar-refractivity contribution in [2.45, 2.75) is 19.3 Å². The molecule has 5 rings (SSSR count). The third-order valence-electron chi connectivity index (χ3n) is 6.28. The van der Waals surface area contributed by atoms with Crippen molar-refractivity contribution < 1.29 is 14.6 Å². The van der Waals surface area contributed by atoms with Crippen LogP contribution in [0.3, 0.4) is 0 Å². The quantitative estimate of drug-likeness (QED) is 0.397. The van der Waals surface area contributed by atoms with Crippen molar-refractivity contribution in [2.24, 2.45) is 0 Å². The number of nitrogens with zero attached hydrogens (tertiary/aromatic N) is 2. The molecule has 0 aliphatic heterocycles. The molecule has 0 bridgehead atoms. The van der Waals surface area contributed by atoms with Gasteiger partial charge in [-0.1, -0.05) is 42.5 Å². The van der Waals surface area contributed by atoms with E-state index in [0.29, 0.717) is 12.0 Å². The van der Waals surface area contributed by atoms with Gasteiger partial charge in [0, 0.05) is 30.2 Å². The topological polar surface area (TPSA) is 83.2 Å². The number of rotatable bonds is 4. The number of ether oxygens (including phenoxy) is 1. The van der Waals surface area contributed by atoms with Gasteiger partial charge in [-0.15, -0.1) is 0 Å². The normalized spacial score (nSPS) is 13.9. The van der Waals surface area contributed by atoms with E-state index in [2.05, 4.69) is 11.1 Å².